The van der Waals surface area contributed by atoms with Crippen molar-refractivity contribution in [2.45, 2.75) is 20.0 Å². The number of piperazine rings is 1. The minimum absolute atomic E-state index is 0.101. The highest BCUT2D eigenvalue weighted by Gasteiger charge is 2.32. The first kappa shape index (κ1) is 23.4. The second kappa shape index (κ2) is 9.73. The van der Waals surface area contributed by atoms with Crippen LogP contribution < -0.4 is 19.5 Å². The van der Waals surface area contributed by atoms with Crippen LogP contribution in [0.4, 0.5) is 0 Å². The molecule has 1 fully saturated rings. The summed E-state index contributed by atoms with van der Waals surface area (Å²) in [6.45, 7) is 7.69. The number of ether oxygens (including phenoxy) is 2. The number of nitrogens with one attached hydrogen (secondary N) is 1. The second-order valence-corrected chi connectivity index (χ2v) is 9.10. The smallest absolute Gasteiger partial charge is 0.231 e. The summed E-state index contributed by atoms with van der Waals surface area (Å²) in [6, 6.07) is 8.95. The number of quaternary nitrogens is 1. The van der Waals surface area contributed by atoms with Gasteiger partial charge in [0.25, 0.3) is 0 Å². The number of Topliss-reactive ketones (excluding diaryl/α,β-unsaturated/α-hetero) is 1. The fourth-order valence-electron chi connectivity index (χ4n) is 5.07. The molecule has 8 heteroatoms. The lowest BCUT2D eigenvalue weighted by Crippen LogP contribution is -3.13. The Labute approximate surface area is 204 Å². The molecule has 0 spiro atoms. The first-order valence-corrected chi connectivity index (χ1v) is 12.1. The van der Waals surface area contributed by atoms with Crippen molar-refractivity contribution in [1.82, 2.24) is 9.47 Å². The number of carbonyl (C=O) groups excluding carboxylic acids is 1. The van der Waals surface area contributed by atoms with Gasteiger partial charge in [-0.3, -0.25) is 9.69 Å². The summed E-state index contributed by atoms with van der Waals surface area (Å²) in [4.78, 5) is 16.7. The highest BCUT2D eigenvalue weighted by molar-refractivity contribution is 6.15. The first-order chi connectivity index (χ1) is 17.0. The van der Waals surface area contributed by atoms with Crippen molar-refractivity contribution in [2.75, 3.05) is 46.4 Å². The number of carbonyl (C=O) groups is 1. The van der Waals surface area contributed by atoms with Gasteiger partial charge >= 0.3 is 0 Å². The number of fused-ring (bicyclic) bond motifs is 2. The van der Waals surface area contributed by atoms with Crippen LogP contribution >= 0.6 is 0 Å². The van der Waals surface area contributed by atoms with E-state index < -0.39 is 0 Å². The Balaban J connectivity index is 1.44. The van der Waals surface area contributed by atoms with E-state index in [1.54, 1.807) is 19.3 Å². The number of rotatable bonds is 7. The van der Waals surface area contributed by atoms with Crippen molar-refractivity contribution in [3.05, 3.63) is 59.0 Å². The number of ketones is 1. The molecular formula is C27H31N3O5. The van der Waals surface area contributed by atoms with Crippen LogP contribution in [0.25, 0.3) is 17.0 Å². The molecular weight excluding hydrogens is 446 g/mol. The molecule has 2 aromatic carbocycles. The summed E-state index contributed by atoms with van der Waals surface area (Å²) in [5.74, 6) is 1.07. The average molecular weight is 478 g/mol. The molecule has 2 aliphatic rings. The molecule has 0 unspecified atom stereocenters. The van der Waals surface area contributed by atoms with Gasteiger partial charge in [0.05, 0.1) is 32.4 Å². The highest BCUT2D eigenvalue weighted by atomic mass is 16.5. The SMILES string of the molecule is CCn1cc(/C=C2/Oc3c(ccc([O-])c3C[NH+]3CCN(CCO)CC3)C2=O)c2cc(OC)ccc21. The topological polar surface area (TPSA) is 91.4 Å². The summed E-state index contributed by atoms with van der Waals surface area (Å²) in [5.41, 5.74) is 2.92. The molecule has 8 nitrogen and oxygen atoms in total. The number of allylic oxidation sites excluding steroid dienone is 1. The monoisotopic (exact) mass is 477 g/mol. The molecule has 2 aliphatic heterocycles. The van der Waals surface area contributed by atoms with E-state index in [0.717, 1.165) is 54.9 Å². The van der Waals surface area contributed by atoms with Crippen LogP contribution in [0.5, 0.6) is 17.2 Å². The van der Waals surface area contributed by atoms with Gasteiger partial charge in [0.1, 0.15) is 18.0 Å². The zero-order valence-corrected chi connectivity index (χ0v) is 20.2. The Hall–Kier alpha value is -3.33. The average Bonchev–Trinajstić information content (AvgIpc) is 3.39. The maximum absolute atomic E-state index is 13.2. The third-order valence-electron chi connectivity index (χ3n) is 7.05. The molecule has 3 heterocycles. The largest absolute Gasteiger partial charge is 0.872 e. The van der Waals surface area contributed by atoms with Crippen molar-refractivity contribution in [2.24, 2.45) is 0 Å². The predicted molar refractivity (Wildman–Crippen MR) is 131 cm³/mol. The van der Waals surface area contributed by atoms with Gasteiger partial charge in [-0.25, -0.2) is 0 Å². The summed E-state index contributed by atoms with van der Waals surface area (Å²) >= 11 is 0. The van der Waals surface area contributed by atoms with E-state index in [4.69, 9.17) is 14.6 Å². The molecule has 2 N–H and O–H groups in total. The zero-order valence-electron chi connectivity index (χ0n) is 20.2. The Morgan fingerprint density at radius 1 is 1.23 bits per heavy atom. The number of methoxy groups -OCH3 is 1. The van der Waals surface area contributed by atoms with Crippen LogP contribution in [-0.2, 0) is 13.1 Å². The molecule has 0 bridgehead atoms. The summed E-state index contributed by atoms with van der Waals surface area (Å²) in [7, 11) is 1.63. The molecule has 5 rings (SSSR count). The normalized spacial score (nSPS) is 17.8. The van der Waals surface area contributed by atoms with E-state index in [1.807, 2.05) is 24.4 Å². The molecule has 184 valence electrons. The molecule has 0 saturated carbocycles. The fourth-order valence-corrected chi connectivity index (χ4v) is 5.07. The van der Waals surface area contributed by atoms with E-state index in [0.29, 0.717) is 30.0 Å². The molecule has 1 saturated heterocycles. The number of benzene rings is 2. The quantitative estimate of drug-likeness (QED) is 0.495. The molecule has 35 heavy (non-hydrogen) atoms. The van der Waals surface area contributed by atoms with Crippen molar-refractivity contribution in [1.29, 1.82) is 0 Å². The number of hydrogen-bond acceptors (Lipinski definition) is 6. The van der Waals surface area contributed by atoms with E-state index in [1.165, 1.54) is 11.0 Å². The number of β-amino-alcohol motifs (C(OH)–C–C–N with tert-alkyl or cyclic N) is 1. The van der Waals surface area contributed by atoms with Gasteiger partial charge < -0.3 is 29.2 Å². The minimum atomic E-state index is -0.204. The number of aryl methyl sites for hydroxylation is 1. The van der Waals surface area contributed by atoms with Crippen molar-refractivity contribution >= 4 is 22.8 Å². The second-order valence-electron chi connectivity index (χ2n) is 9.10. The molecule has 0 aliphatic carbocycles. The Morgan fingerprint density at radius 2 is 2.03 bits per heavy atom. The number of aliphatic hydroxyl groups excluding tert-OH is 1. The lowest BCUT2D eigenvalue weighted by molar-refractivity contribution is -0.918. The Morgan fingerprint density at radius 3 is 2.74 bits per heavy atom. The minimum Gasteiger partial charge on any atom is -0.872 e. The van der Waals surface area contributed by atoms with Crippen LogP contribution in [0.2, 0.25) is 0 Å². The van der Waals surface area contributed by atoms with Gasteiger partial charge in [-0.2, -0.15) is 0 Å². The summed E-state index contributed by atoms with van der Waals surface area (Å²) in [6.07, 6.45) is 3.78. The van der Waals surface area contributed by atoms with Gasteiger partial charge in [-0.05, 0) is 37.3 Å². The van der Waals surface area contributed by atoms with Crippen LogP contribution in [-0.4, -0.2) is 66.8 Å². The summed E-state index contributed by atoms with van der Waals surface area (Å²) in [5, 5.41) is 22.9. The lowest BCUT2D eigenvalue weighted by atomic mass is 10.0. The van der Waals surface area contributed by atoms with E-state index in [-0.39, 0.29) is 23.9 Å². The highest BCUT2D eigenvalue weighted by Crippen LogP contribution is 2.39. The maximum Gasteiger partial charge on any atom is 0.231 e. The summed E-state index contributed by atoms with van der Waals surface area (Å²) < 4.78 is 13.6. The zero-order chi connectivity index (χ0) is 24.5. The number of aromatic nitrogens is 1. The number of aliphatic hydroxyl groups is 1. The van der Waals surface area contributed by atoms with Crippen molar-refractivity contribution in [3.63, 3.8) is 0 Å². The van der Waals surface area contributed by atoms with Crippen LogP contribution in [0.15, 0.2) is 42.3 Å². The number of nitrogens with zero attached hydrogens (tertiary/aromatic N) is 2. The van der Waals surface area contributed by atoms with Gasteiger partial charge in [-0.1, -0.05) is 11.8 Å². The van der Waals surface area contributed by atoms with Crippen LogP contribution in [0, 0.1) is 0 Å². The first-order valence-electron chi connectivity index (χ1n) is 12.1. The Bertz CT molecular complexity index is 1290. The van der Waals surface area contributed by atoms with Crippen molar-refractivity contribution in [3.8, 4) is 17.2 Å². The molecule has 3 aromatic rings. The Kier molecular flexibility index (Phi) is 6.51. The van der Waals surface area contributed by atoms with Crippen molar-refractivity contribution < 1.29 is 29.4 Å². The van der Waals surface area contributed by atoms with E-state index >= 15 is 0 Å². The van der Waals surface area contributed by atoms with Gasteiger partial charge in [0.15, 0.2) is 5.76 Å². The van der Waals surface area contributed by atoms with Crippen LogP contribution in [0.1, 0.15) is 28.4 Å². The van der Waals surface area contributed by atoms with Gasteiger partial charge in [-0.15, -0.1) is 0 Å². The van der Waals surface area contributed by atoms with Crippen LogP contribution in [0.3, 0.4) is 0 Å². The fraction of sp³-hybridized carbons (Fsp3) is 0.370. The van der Waals surface area contributed by atoms with Gasteiger partial charge in [0.2, 0.25) is 5.78 Å². The van der Waals surface area contributed by atoms with E-state index in [2.05, 4.69) is 16.4 Å². The number of hydrogen-bond donors (Lipinski definition) is 2. The third-order valence-corrected chi connectivity index (χ3v) is 7.05. The standard InChI is InChI=1S/C27H31N3O5/c1-3-30-16-18(21-15-19(34-2)4-6-23(21)30)14-25-26(33)20-5-7-24(32)22(27(20)35-25)17-29-10-8-28(9-11-29)12-13-31/h4-7,14-16,31-32H,3,8-13,17H2,1-2H3/b25-14+. The predicted octanol–water partition coefficient (Wildman–Crippen LogP) is 1.05. The van der Waals surface area contributed by atoms with Gasteiger partial charge in [0, 0.05) is 54.4 Å². The molecule has 1 aromatic heterocycles. The lowest BCUT2D eigenvalue weighted by Gasteiger charge is -2.32. The van der Waals surface area contributed by atoms with E-state index in [9.17, 15) is 9.90 Å². The third kappa shape index (κ3) is 4.40. The molecule has 0 amide bonds. The maximum atomic E-state index is 13.2. The molecule has 0 atom stereocenters. The molecule has 0 radical (unpaired) electrons.